The fourth-order valence-corrected chi connectivity index (χ4v) is 2.82. The van der Waals surface area contributed by atoms with Crippen molar-refractivity contribution in [3.05, 3.63) is 47.7 Å². The Kier molecular flexibility index (Phi) is 2.36. The van der Waals surface area contributed by atoms with E-state index in [-0.39, 0.29) is 5.91 Å². The van der Waals surface area contributed by atoms with Gasteiger partial charge in [0.2, 0.25) is 0 Å². The number of carbonyl (C=O) groups is 1. The maximum absolute atomic E-state index is 12.4. The Labute approximate surface area is 116 Å². The number of rotatable bonds is 1. The van der Waals surface area contributed by atoms with E-state index >= 15 is 0 Å². The molecule has 1 fully saturated rings. The van der Waals surface area contributed by atoms with Crippen LogP contribution in [0.4, 0.5) is 0 Å². The van der Waals surface area contributed by atoms with Crippen LogP contribution in [-0.4, -0.2) is 23.9 Å². The molecule has 0 radical (unpaired) electrons. The SMILES string of the molecule is Cc1c(C(=O)N2CCC2)oc2c1ccc1ccccc12. The molecule has 4 rings (SSSR count). The van der Waals surface area contributed by atoms with Gasteiger partial charge in [-0.1, -0.05) is 36.4 Å². The molecule has 0 saturated carbocycles. The average molecular weight is 265 g/mol. The van der Waals surface area contributed by atoms with Gasteiger partial charge < -0.3 is 9.32 Å². The van der Waals surface area contributed by atoms with Crippen molar-refractivity contribution in [2.45, 2.75) is 13.3 Å². The number of carbonyl (C=O) groups excluding carboxylic acids is 1. The van der Waals surface area contributed by atoms with Crippen molar-refractivity contribution < 1.29 is 9.21 Å². The number of amides is 1. The van der Waals surface area contributed by atoms with Crippen molar-refractivity contribution in [1.29, 1.82) is 0 Å². The van der Waals surface area contributed by atoms with Crippen LogP contribution in [0.2, 0.25) is 0 Å². The highest BCUT2D eigenvalue weighted by molar-refractivity contribution is 6.08. The third-order valence-corrected chi connectivity index (χ3v) is 4.17. The van der Waals surface area contributed by atoms with Gasteiger partial charge in [0.05, 0.1) is 0 Å². The molecule has 0 spiro atoms. The fraction of sp³-hybridized carbons (Fsp3) is 0.235. The zero-order chi connectivity index (χ0) is 13.7. The van der Waals surface area contributed by atoms with Gasteiger partial charge in [-0.3, -0.25) is 4.79 Å². The summed E-state index contributed by atoms with van der Waals surface area (Å²) in [4.78, 5) is 14.2. The Hall–Kier alpha value is -2.29. The number of nitrogens with zero attached hydrogens (tertiary/aromatic N) is 1. The van der Waals surface area contributed by atoms with E-state index in [4.69, 9.17) is 4.42 Å². The summed E-state index contributed by atoms with van der Waals surface area (Å²) < 4.78 is 5.94. The Morgan fingerprint density at radius 2 is 1.90 bits per heavy atom. The standard InChI is InChI=1S/C17H15NO2/c1-11-13-8-7-12-5-2-3-6-14(12)16(13)20-15(11)17(19)18-9-4-10-18/h2-3,5-8H,4,9-10H2,1H3. The number of aryl methyl sites for hydroxylation is 1. The van der Waals surface area contributed by atoms with Gasteiger partial charge in [-0.2, -0.15) is 0 Å². The molecule has 1 aromatic heterocycles. The van der Waals surface area contributed by atoms with E-state index in [0.29, 0.717) is 5.76 Å². The first-order valence-corrected chi connectivity index (χ1v) is 6.96. The van der Waals surface area contributed by atoms with Gasteiger partial charge in [0.1, 0.15) is 5.58 Å². The smallest absolute Gasteiger partial charge is 0.289 e. The summed E-state index contributed by atoms with van der Waals surface area (Å²) >= 11 is 0. The van der Waals surface area contributed by atoms with Crippen LogP contribution in [0, 0.1) is 6.92 Å². The summed E-state index contributed by atoms with van der Waals surface area (Å²) in [5.74, 6) is 0.519. The Morgan fingerprint density at radius 1 is 1.10 bits per heavy atom. The van der Waals surface area contributed by atoms with Gasteiger partial charge in [0, 0.05) is 29.4 Å². The van der Waals surface area contributed by atoms with Crippen molar-refractivity contribution in [3.63, 3.8) is 0 Å². The van der Waals surface area contributed by atoms with E-state index in [9.17, 15) is 4.79 Å². The minimum atomic E-state index is 0.0223. The van der Waals surface area contributed by atoms with Crippen LogP contribution in [0.25, 0.3) is 21.7 Å². The first-order valence-electron chi connectivity index (χ1n) is 6.96. The van der Waals surface area contributed by atoms with Gasteiger partial charge in [-0.25, -0.2) is 0 Å². The summed E-state index contributed by atoms with van der Waals surface area (Å²) in [7, 11) is 0. The molecule has 1 aliphatic heterocycles. The molecule has 100 valence electrons. The topological polar surface area (TPSA) is 33.5 Å². The first-order chi connectivity index (χ1) is 9.75. The highest BCUT2D eigenvalue weighted by Gasteiger charge is 2.27. The zero-order valence-electron chi connectivity index (χ0n) is 11.3. The number of likely N-dealkylation sites (tertiary alicyclic amines) is 1. The van der Waals surface area contributed by atoms with Crippen LogP contribution in [-0.2, 0) is 0 Å². The van der Waals surface area contributed by atoms with Crippen LogP contribution < -0.4 is 0 Å². The van der Waals surface area contributed by atoms with E-state index < -0.39 is 0 Å². The minimum Gasteiger partial charge on any atom is -0.450 e. The van der Waals surface area contributed by atoms with Crippen molar-refractivity contribution >= 4 is 27.6 Å². The minimum absolute atomic E-state index is 0.0223. The van der Waals surface area contributed by atoms with E-state index in [1.807, 2.05) is 36.1 Å². The van der Waals surface area contributed by atoms with Crippen molar-refractivity contribution in [2.24, 2.45) is 0 Å². The lowest BCUT2D eigenvalue weighted by Gasteiger charge is -2.30. The molecule has 1 amide bonds. The lowest BCUT2D eigenvalue weighted by atomic mass is 10.1. The van der Waals surface area contributed by atoms with Crippen molar-refractivity contribution in [2.75, 3.05) is 13.1 Å². The molecule has 0 N–H and O–H groups in total. The number of benzene rings is 2. The molecule has 3 heteroatoms. The second-order valence-corrected chi connectivity index (χ2v) is 5.37. The van der Waals surface area contributed by atoms with Crippen LogP contribution in [0.1, 0.15) is 22.5 Å². The van der Waals surface area contributed by atoms with Gasteiger partial charge in [0.15, 0.2) is 5.76 Å². The summed E-state index contributed by atoms with van der Waals surface area (Å²) in [5.41, 5.74) is 1.77. The number of fused-ring (bicyclic) bond motifs is 3. The molecule has 0 aliphatic carbocycles. The molecule has 0 bridgehead atoms. The third kappa shape index (κ3) is 1.49. The Bertz CT molecular complexity index is 827. The lowest BCUT2D eigenvalue weighted by Crippen LogP contribution is -2.42. The van der Waals surface area contributed by atoms with Gasteiger partial charge in [-0.15, -0.1) is 0 Å². The van der Waals surface area contributed by atoms with Crippen LogP contribution in [0.15, 0.2) is 40.8 Å². The van der Waals surface area contributed by atoms with Crippen molar-refractivity contribution in [1.82, 2.24) is 4.90 Å². The van der Waals surface area contributed by atoms with Crippen LogP contribution in [0.3, 0.4) is 0 Å². The highest BCUT2D eigenvalue weighted by Crippen LogP contribution is 2.32. The van der Waals surface area contributed by atoms with Gasteiger partial charge in [0.25, 0.3) is 5.91 Å². The number of hydrogen-bond donors (Lipinski definition) is 0. The molecule has 0 atom stereocenters. The second-order valence-electron chi connectivity index (χ2n) is 5.37. The molecule has 0 unspecified atom stereocenters. The highest BCUT2D eigenvalue weighted by atomic mass is 16.3. The maximum Gasteiger partial charge on any atom is 0.289 e. The number of hydrogen-bond acceptors (Lipinski definition) is 2. The van der Waals surface area contributed by atoms with Crippen LogP contribution >= 0.6 is 0 Å². The molecule has 1 saturated heterocycles. The molecule has 2 aromatic carbocycles. The number of furan rings is 1. The molecule has 3 nitrogen and oxygen atoms in total. The summed E-state index contributed by atoms with van der Waals surface area (Å²) in [6.45, 7) is 3.65. The summed E-state index contributed by atoms with van der Waals surface area (Å²) in [5, 5.41) is 3.24. The Morgan fingerprint density at radius 3 is 2.65 bits per heavy atom. The predicted molar refractivity (Wildman–Crippen MR) is 79.0 cm³/mol. The van der Waals surface area contributed by atoms with E-state index in [2.05, 4.69) is 12.1 Å². The predicted octanol–water partition coefficient (Wildman–Crippen LogP) is 3.74. The molecule has 3 aromatic rings. The zero-order valence-corrected chi connectivity index (χ0v) is 11.3. The van der Waals surface area contributed by atoms with Gasteiger partial charge in [-0.05, 0) is 18.7 Å². The third-order valence-electron chi connectivity index (χ3n) is 4.17. The van der Waals surface area contributed by atoms with E-state index in [1.54, 1.807) is 0 Å². The fourth-order valence-electron chi connectivity index (χ4n) is 2.82. The van der Waals surface area contributed by atoms with Crippen molar-refractivity contribution in [3.8, 4) is 0 Å². The van der Waals surface area contributed by atoms with E-state index in [1.165, 1.54) is 0 Å². The van der Waals surface area contributed by atoms with Gasteiger partial charge >= 0.3 is 0 Å². The summed E-state index contributed by atoms with van der Waals surface area (Å²) in [6, 6.07) is 12.2. The largest absolute Gasteiger partial charge is 0.450 e. The average Bonchev–Trinajstić information content (AvgIpc) is 2.75. The molecule has 1 aliphatic rings. The normalized spacial score (nSPS) is 14.8. The first kappa shape index (κ1) is 11.5. The Balaban J connectivity index is 1.97. The quantitative estimate of drug-likeness (QED) is 0.671. The molecule has 2 heterocycles. The second kappa shape index (κ2) is 4.10. The van der Waals surface area contributed by atoms with Crippen LogP contribution in [0.5, 0.6) is 0 Å². The molecular formula is C17H15NO2. The molecular weight excluding hydrogens is 250 g/mol. The monoisotopic (exact) mass is 265 g/mol. The molecule has 20 heavy (non-hydrogen) atoms. The summed E-state index contributed by atoms with van der Waals surface area (Å²) in [6.07, 6.45) is 1.09. The van der Waals surface area contributed by atoms with E-state index in [0.717, 1.165) is 46.8 Å². The maximum atomic E-state index is 12.4. The lowest BCUT2D eigenvalue weighted by molar-refractivity contribution is 0.0620.